The molecule has 0 amide bonds. The summed E-state index contributed by atoms with van der Waals surface area (Å²) in [5.74, 6) is 0. The van der Waals surface area contributed by atoms with Gasteiger partial charge in [0.1, 0.15) is 24.4 Å². The molecule has 1 saturated heterocycles. The van der Waals surface area contributed by atoms with Crippen molar-refractivity contribution < 1.29 is 24.8 Å². The molecule has 0 saturated carbocycles. The van der Waals surface area contributed by atoms with Crippen molar-refractivity contribution in [2.75, 3.05) is 19.8 Å². The van der Waals surface area contributed by atoms with Crippen LogP contribution in [0.1, 0.15) is 51.9 Å². The third-order valence-corrected chi connectivity index (χ3v) is 3.94. The Balaban J connectivity index is 1.95. The van der Waals surface area contributed by atoms with Gasteiger partial charge in [0.2, 0.25) is 0 Å². The van der Waals surface area contributed by atoms with Crippen LogP contribution in [0, 0.1) is 0 Å². The first-order chi connectivity index (χ1) is 10.7. The van der Waals surface area contributed by atoms with E-state index in [-0.39, 0.29) is 13.2 Å². The maximum Gasteiger partial charge on any atom is 0.111 e. The minimum absolute atomic E-state index is 0.0368. The van der Waals surface area contributed by atoms with Gasteiger partial charge in [-0.1, -0.05) is 31.9 Å². The van der Waals surface area contributed by atoms with Gasteiger partial charge < -0.3 is 24.8 Å². The monoisotopic (exact) mass is 316 g/mol. The summed E-state index contributed by atoms with van der Waals surface area (Å²) in [5, 5.41) is 28.6. The highest BCUT2D eigenvalue weighted by Crippen LogP contribution is 2.16. The summed E-state index contributed by atoms with van der Waals surface area (Å²) < 4.78 is 10.8. The second-order valence-corrected chi connectivity index (χ2v) is 5.96. The Morgan fingerprint density at radius 1 is 1.00 bits per heavy atom. The molecule has 0 aromatic rings. The highest BCUT2D eigenvalue weighted by molar-refractivity contribution is 4.86. The van der Waals surface area contributed by atoms with E-state index in [1.54, 1.807) is 0 Å². The van der Waals surface area contributed by atoms with E-state index >= 15 is 0 Å². The van der Waals surface area contributed by atoms with Crippen LogP contribution >= 0.6 is 0 Å². The van der Waals surface area contributed by atoms with Gasteiger partial charge in [0.25, 0.3) is 0 Å². The Labute approximate surface area is 133 Å². The molecule has 0 spiro atoms. The van der Waals surface area contributed by atoms with E-state index in [9.17, 15) is 15.3 Å². The third kappa shape index (κ3) is 7.70. The molecule has 22 heavy (non-hydrogen) atoms. The Morgan fingerprint density at radius 2 is 1.68 bits per heavy atom. The van der Waals surface area contributed by atoms with Crippen molar-refractivity contribution in [2.24, 2.45) is 0 Å². The van der Waals surface area contributed by atoms with E-state index in [0.717, 1.165) is 19.3 Å². The van der Waals surface area contributed by atoms with E-state index < -0.39 is 24.4 Å². The first-order valence-corrected chi connectivity index (χ1v) is 8.55. The van der Waals surface area contributed by atoms with Crippen LogP contribution < -0.4 is 0 Å². The average Bonchev–Trinajstić information content (AvgIpc) is 2.52. The number of allylic oxidation sites excluding steroid dienone is 2. The molecule has 0 aliphatic carbocycles. The maximum atomic E-state index is 9.75. The van der Waals surface area contributed by atoms with Crippen LogP contribution in [0.4, 0.5) is 0 Å². The van der Waals surface area contributed by atoms with Crippen LogP contribution in [0.5, 0.6) is 0 Å². The van der Waals surface area contributed by atoms with Gasteiger partial charge in [-0.3, -0.25) is 0 Å². The lowest BCUT2D eigenvalue weighted by Crippen LogP contribution is -2.54. The molecule has 1 heterocycles. The lowest BCUT2D eigenvalue weighted by molar-refractivity contribution is -0.199. The fourth-order valence-electron chi connectivity index (χ4n) is 2.43. The smallest absolute Gasteiger partial charge is 0.111 e. The first kappa shape index (κ1) is 19.6. The van der Waals surface area contributed by atoms with Crippen molar-refractivity contribution in [3.63, 3.8) is 0 Å². The fourth-order valence-corrected chi connectivity index (χ4v) is 2.43. The SMILES string of the molecule is CCCCC/C=C/CCCCOC[C@@H]1OC[C@@H](O)[C@H](O)[C@H]1O. The quantitative estimate of drug-likeness (QED) is 0.400. The minimum Gasteiger partial charge on any atom is -0.388 e. The molecule has 0 radical (unpaired) electrons. The van der Waals surface area contributed by atoms with Gasteiger partial charge in [-0.2, -0.15) is 0 Å². The fraction of sp³-hybridized carbons (Fsp3) is 0.882. The molecule has 0 unspecified atom stereocenters. The largest absolute Gasteiger partial charge is 0.388 e. The molecule has 0 aromatic carbocycles. The second kappa shape index (κ2) is 12.0. The summed E-state index contributed by atoms with van der Waals surface area (Å²) in [5.41, 5.74) is 0. The predicted molar refractivity (Wildman–Crippen MR) is 85.7 cm³/mol. The van der Waals surface area contributed by atoms with E-state index in [2.05, 4.69) is 19.1 Å². The van der Waals surface area contributed by atoms with Crippen molar-refractivity contribution in [2.45, 2.75) is 76.3 Å². The highest BCUT2D eigenvalue weighted by Gasteiger charge is 2.37. The molecule has 1 aliphatic rings. The highest BCUT2D eigenvalue weighted by atomic mass is 16.6. The number of aliphatic hydroxyl groups excluding tert-OH is 3. The van der Waals surface area contributed by atoms with Crippen LogP contribution in [0.2, 0.25) is 0 Å². The van der Waals surface area contributed by atoms with Crippen molar-refractivity contribution in [3.8, 4) is 0 Å². The molecule has 5 heteroatoms. The molecule has 130 valence electrons. The van der Waals surface area contributed by atoms with Gasteiger partial charge in [0.05, 0.1) is 13.2 Å². The molecular weight excluding hydrogens is 284 g/mol. The maximum absolute atomic E-state index is 9.75. The molecule has 0 bridgehead atoms. The van der Waals surface area contributed by atoms with E-state index in [4.69, 9.17) is 9.47 Å². The summed E-state index contributed by atoms with van der Waals surface area (Å²) in [6, 6.07) is 0. The van der Waals surface area contributed by atoms with Crippen molar-refractivity contribution in [1.82, 2.24) is 0 Å². The predicted octanol–water partition coefficient (Wildman–Crippen LogP) is 1.79. The lowest BCUT2D eigenvalue weighted by Gasteiger charge is -2.35. The average molecular weight is 316 g/mol. The Bertz CT molecular complexity index is 295. The zero-order chi connectivity index (χ0) is 16.2. The van der Waals surface area contributed by atoms with Crippen molar-refractivity contribution in [1.29, 1.82) is 0 Å². The van der Waals surface area contributed by atoms with Crippen LogP contribution in [-0.4, -0.2) is 59.6 Å². The van der Waals surface area contributed by atoms with Crippen LogP contribution in [0.25, 0.3) is 0 Å². The van der Waals surface area contributed by atoms with Gasteiger partial charge in [-0.25, -0.2) is 0 Å². The molecule has 1 fully saturated rings. The zero-order valence-corrected chi connectivity index (χ0v) is 13.7. The topological polar surface area (TPSA) is 79.2 Å². The van der Waals surface area contributed by atoms with Gasteiger partial charge >= 0.3 is 0 Å². The van der Waals surface area contributed by atoms with Gasteiger partial charge in [0.15, 0.2) is 0 Å². The Hall–Kier alpha value is -0.460. The number of unbranched alkanes of at least 4 members (excludes halogenated alkanes) is 5. The zero-order valence-electron chi connectivity index (χ0n) is 13.7. The van der Waals surface area contributed by atoms with Crippen LogP contribution in [0.15, 0.2) is 12.2 Å². The number of aliphatic hydroxyl groups is 3. The molecule has 3 N–H and O–H groups in total. The van der Waals surface area contributed by atoms with Crippen LogP contribution in [-0.2, 0) is 9.47 Å². The summed E-state index contributed by atoms with van der Waals surface area (Å²) in [7, 11) is 0. The molecular formula is C17H32O5. The van der Waals surface area contributed by atoms with Gasteiger partial charge in [0, 0.05) is 6.61 Å². The molecule has 5 nitrogen and oxygen atoms in total. The van der Waals surface area contributed by atoms with Crippen LogP contribution in [0.3, 0.4) is 0 Å². The van der Waals surface area contributed by atoms with Crippen molar-refractivity contribution in [3.05, 3.63) is 12.2 Å². The van der Waals surface area contributed by atoms with Gasteiger partial charge in [-0.05, 0) is 32.1 Å². The van der Waals surface area contributed by atoms with E-state index in [1.165, 1.54) is 25.7 Å². The minimum atomic E-state index is -1.15. The normalized spacial score (nSPS) is 29.3. The summed E-state index contributed by atoms with van der Waals surface area (Å²) in [6.45, 7) is 3.12. The molecule has 1 aliphatic heterocycles. The third-order valence-electron chi connectivity index (χ3n) is 3.94. The number of rotatable bonds is 11. The first-order valence-electron chi connectivity index (χ1n) is 8.55. The summed E-state index contributed by atoms with van der Waals surface area (Å²) in [4.78, 5) is 0. The summed E-state index contributed by atoms with van der Waals surface area (Å²) in [6.07, 6.45) is 8.82. The van der Waals surface area contributed by atoms with Gasteiger partial charge in [-0.15, -0.1) is 0 Å². The number of hydrogen-bond acceptors (Lipinski definition) is 5. The van der Waals surface area contributed by atoms with E-state index in [0.29, 0.717) is 6.61 Å². The Morgan fingerprint density at radius 3 is 2.36 bits per heavy atom. The second-order valence-electron chi connectivity index (χ2n) is 5.96. The molecule has 0 aromatic heterocycles. The number of hydrogen-bond donors (Lipinski definition) is 3. The van der Waals surface area contributed by atoms with Crippen molar-refractivity contribution >= 4 is 0 Å². The van der Waals surface area contributed by atoms with E-state index in [1.807, 2.05) is 0 Å². The number of ether oxygens (including phenoxy) is 2. The lowest BCUT2D eigenvalue weighted by atomic mass is 10.0. The molecule has 1 rings (SSSR count). The molecule has 4 atom stereocenters. The summed E-state index contributed by atoms with van der Waals surface area (Å²) >= 11 is 0. The standard InChI is InChI=1S/C17H32O5/c1-2-3-4-5-6-7-8-9-10-11-21-13-15-17(20)16(19)14(18)12-22-15/h6-7,14-20H,2-5,8-13H2,1H3/b7-6+/t14-,15+,16+,17+/m1/s1. The Kier molecular flexibility index (Phi) is 10.7.